The smallest absolute Gasteiger partial charge is 0.232 e. The lowest BCUT2D eigenvalue weighted by Gasteiger charge is -2.21. The zero-order chi connectivity index (χ0) is 22.5. The summed E-state index contributed by atoms with van der Waals surface area (Å²) >= 11 is 3.85. The van der Waals surface area contributed by atoms with E-state index in [1.807, 2.05) is 36.5 Å². The van der Waals surface area contributed by atoms with Crippen LogP contribution in [0.25, 0.3) is 0 Å². The molecule has 1 saturated heterocycles. The molecule has 3 aromatic rings. The van der Waals surface area contributed by atoms with Gasteiger partial charge in [0.2, 0.25) is 11.8 Å². The van der Waals surface area contributed by atoms with Gasteiger partial charge in [-0.25, -0.2) is 4.98 Å². The van der Waals surface area contributed by atoms with Crippen molar-refractivity contribution >= 4 is 40.3 Å². The number of benzene rings is 2. The average Bonchev–Trinajstić information content (AvgIpc) is 3.30. The monoisotopic (exact) mass is 557 g/mol. The van der Waals surface area contributed by atoms with Crippen molar-refractivity contribution in [3.63, 3.8) is 0 Å². The van der Waals surface area contributed by atoms with E-state index < -0.39 is 0 Å². The maximum absolute atomic E-state index is 9.04. The topological polar surface area (TPSA) is 65.3 Å². The molecule has 0 saturated carbocycles. The van der Waals surface area contributed by atoms with Gasteiger partial charge in [0, 0.05) is 27.6 Å². The van der Waals surface area contributed by atoms with Gasteiger partial charge in [-0.05, 0) is 85.1 Å². The Kier molecular flexibility index (Phi) is 7.50. The SMILES string of the molecule is CN(C)C1CCN(c2ncc(Sc3ccc(C#N)cc3)c(OCc3cccc(I)c3)n2)C1. The number of anilines is 1. The van der Waals surface area contributed by atoms with Crippen molar-refractivity contribution < 1.29 is 4.74 Å². The molecule has 2 heterocycles. The van der Waals surface area contributed by atoms with Crippen LogP contribution in [0.3, 0.4) is 0 Å². The molecular formula is C24H24IN5OS. The molecule has 1 aromatic heterocycles. The standard InChI is InChI=1S/C24H24IN5OS/c1-29(2)20-10-11-30(15-20)24-27-14-22(32-21-8-6-17(13-26)7-9-21)23(28-24)31-16-18-4-3-5-19(25)12-18/h3-9,12,14,20H,10-11,15-16H2,1-2H3. The molecule has 1 aliphatic heterocycles. The van der Waals surface area contributed by atoms with E-state index >= 15 is 0 Å². The van der Waals surface area contributed by atoms with Crippen molar-refractivity contribution in [2.75, 3.05) is 32.1 Å². The van der Waals surface area contributed by atoms with Crippen LogP contribution < -0.4 is 9.64 Å². The van der Waals surface area contributed by atoms with E-state index in [0.717, 1.165) is 34.9 Å². The summed E-state index contributed by atoms with van der Waals surface area (Å²) in [5, 5.41) is 9.04. The molecule has 0 N–H and O–H groups in total. The molecule has 0 amide bonds. The summed E-state index contributed by atoms with van der Waals surface area (Å²) in [5.41, 5.74) is 1.74. The molecule has 6 nitrogen and oxygen atoms in total. The molecule has 4 rings (SSSR count). The van der Waals surface area contributed by atoms with E-state index in [9.17, 15) is 0 Å². The number of halogens is 1. The molecule has 0 radical (unpaired) electrons. The summed E-state index contributed by atoms with van der Waals surface area (Å²) in [6, 6.07) is 18.4. The summed E-state index contributed by atoms with van der Waals surface area (Å²) in [5.74, 6) is 1.28. The third-order valence-corrected chi connectivity index (χ3v) is 7.04. The molecule has 0 aliphatic carbocycles. The van der Waals surface area contributed by atoms with Gasteiger partial charge in [0.25, 0.3) is 0 Å². The first-order valence-electron chi connectivity index (χ1n) is 10.4. The minimum absolute atomic E-state index is 0.439. The average molecular weight is 557 g/mol. The molecule has 0 bridgehead atoms. The van der Waals surface area contributed by atoms with Crippen molar-refractivity contribution in [3.05, 3.63) is 69.4 Å². The first-order valence-corrected chi connectivity index (χ1v) is 12.2. The molecule has 32 heavy (non-hydrogen) atoms. The highest BCUT2D eigenvalue weighted by Gasteiger charge is 2.26. The number of nitrogens with zero attached hydrogens (tertiary/aromatic N) is 5. The van der Waals surface area contributed by atoms with Crippen LogP contribution in [0.1, 0.15) is 17.5 Å². The highest BCUT2D eigenvalue weighted by Crippen LogP contribution is 2.35. The van der Waals surface area contributed by atoms with Gasteiger partial charge in [0.15, 0.2) is 0 Å². The summed E-state index contributed by atoms with van der Waals surface area (Å²) in [4.78, 5) is 15.8. The number of hydrogen-bond donors (Lipinski definition) is 0. The first kappa shape index (κ1) is 22.8. The minimum atomic E-state index is 0.439. The molecule has 2 aromatic carbocycles. The van der Waals surface area contributed by atoms with Crippen LogP contribution in [0.15, 0.2) is 64.5 Å². The van der Waals surface area contributed by atoms with Crippen molar-refractivity contribution in [1.29, 1.82) is 5.26 Å². The maximum Gasteiger partial charge on any atom is 0.232 e. The van der Waals surface area contributed by atoms with Gasteiger partial charge in [-0.15, -0.1) is 0 Å². The van der Waals surface area contributed by atoms with E-state index in [0.29, 0.717) is 30.0 Å². The lowest BCUT2D eigenvalue weighted by Crippen LogP contribution is -2.32. The van der Waals surface area contributed by atoms with Crippen molar-refractivity contribution in [3.8, 4) is 11.9 Å². The molecule has 1 fully saturated rings. The summed E-state index contributed by atoms with van der Waals surface area (Å²) in [6.07, 6.45) is 2.94. The fourth-order valence-electron chi connectivity index (χ4n) is 3.52. The van der Waals surface area contributed by atoms with E-state index in [1.54, 1.807) is 11.8 Å². The van der Waals surface area contributed by atoms with Crippen LogP contribution in [0.5, 0.6) is 5.88 Å². The van der Waals surface area contributed by atoms with Gasteiger partial charge >= 0.3 is 0 Å². The molecule has 1 atom stereocenters. The molecule has 0 spiro atoms. The number of hydrogen-bond acceptors (Lipinski definition) is 7. The Bertz CT molecular complexity index is 1120. The van der Waals surface area contributed by atoms with Gasteiger partial charge < -0.3 is 14.5 Å². The summed E-state index contributed by atoms with van der Waals surface area (Å²) in [7, 11) is 4.23. The number of nitriles is 1. The molecule has 8 heteroatoms. The number of rotatable bonds is 7. The second kappa shape index (κ2) is 10.5. The zero-order valence-electron chi connectivity index (χ0n) is 18.0. The number of aromatic nitrogens is 2. The molecule has 164 valence electrons. The van der Waals surface area contributed by atoms with Crippen LogP contribution in [0.2, 0.25) is 0 Å². The minimum Gasteiger partial charge on any atom is -0.472 e. The molecule has 1 unspecified atom stereocenters. The van der Waals surface area contributed by atoms with E-state index in [2.05, 4.69) is 75.7 Å². The number of ether oxygens (including phenoxy) is 1. The Morgan fingerprint density at radius 1 is 1.25 bits per heavy atom. The summed E-state index contributed by atoms with van der Waals surface area (Å²) in [6.45, 7) is 2.28. The van der Waals surface area contributed by atoms with Gasteiger partial charge in [-0.1, -0.05) is 23.9 Å². The number of likely N-dealkylation sites (N-methyl/N-ethyl adjacent to an activating group) is 1. The third-order valence-electron chi connectivity index (χ3n) is 5.36. The van der Waals surface area contributed by atoms with Crippen molar-refractivity contribution in [2.45, 2.75) is 28.9 Å². The third kappa shape index (κ3) is 5.71. The zero-order valence-corrected chi connectivity index (χ0v) is 21.0. The van der Waals surface area contributed by atoms with E-state index in [1.165, 1.54) is 3.57 Å². The Balaban J connectivity index is 1.58. The lowest BCUT2D eigenvalue weighted by atomic mass is 10.2. The fraction of sp³-hybridized carbons (Fsp3) is 0.292. The Morgan fingerprint density at radius 2 is 2.06 bits per heavy atom. The van der Waals surface area contributed by atoms with Crippen LogP contribution in [-0.4, -0.2) is 48.1 Å². The Morgan fingerprint density at radius 3 is 2.75 bits per heavy atom. The van der Waals surface area contributed by atoms with Gasteiger partial charge in [0.05, 0.1) is 22.7 Å². The highest BCUT2D eigenvalue weighted by atomic mass is 127. The van der Waals surface area contributed by atoms with Crippen LogP contribution in [0.4, 0.5) is 5.95 Å². The lowest BCUT2D eigenvalue weighted by molar-refractivity contribution is 0.285. The van der Waals surface area contributed by atoms with Crippen LogP contribution >= 0.6 is 34.4 Å². The molecule has 1 aliphatic rings. The highest BCUT2D eigenvalue weighted by molar-refractivity contribution is 14.1. The molecular weight excluding hydrogens is 533 g/mol. The largest absolute Gasteiger partial charge is 0.472 e. The van der Waals surface area contributed by atoms with Crippen LogP contribution in [0, 0.1) is 14.9 Å². The quantitative estimate of drug-likeness (QED) is 0.386. The van der Waals surface area contributed by atoms with E-state index in [4.69, 9.17) is 15.0 Å². The van der Waals surface area contributed by atoms with Crippen molar-refractivity contribution in [2.24, 2.45) is 0 Å². The summed E-state index contributed by atoms with van der Waals surface area (Å²) < 4.78 is 7.38. The van der Waals surface area contributed by atoms with E-state index in [-0.39, 0.29) is 0 Å². The maximum atomic E-state index is 9.04. The predicted molar refractivity (Wildman–Crippen MR) is 135 cm³/mol. The predicted octanol–water partition coefficient (Wildman–Crippen LogP) is 4.82. The Hall–Kier alpha value is -2.35. The second-order valence-corrected chi connectivity index (χ2v) is 10.2. The second-order valence-electron chi connectivity index (χ2n) is 7.85. The van der Waals surface area contributed by atoms with Crippen molar-refractivity contribution in [1.82, 2.24) is 14.9 Å². The van der Waals surface area contributed by atoms with Crippen LogP contribution in [-0.2, 0) is 6.61 Å². The Labute approximate surface area is 206 Å². The van der Waals surface area contributed by atoms with Gasteiger partial charge in [0.1, 0.15) is 6.61 Å². The van der Waals surface area contributed by atoms with Gasteiger partial charge in [-0.2, -0.15) is 10.2 Å². The first-order chi connectivity index (χ1) is 15.5. The normalized spacial score (nSPS) is 15.7. The van der Waals surface area contributed by atoms with Gasteiger partial charge in [-0.3, -0.25) is 0 Å². The fourth-order valence-corrected chi connectivity index (χ4v) is 4.95.